The van der Waals surface area contributed by atoms with E-state index in [2.05, 4.69) is 6.92 Å². The van der Waals surface area contributed by atoms with E-state index in [0.717, 1.165) is 12.8 Å². The molecule has 0 fully saturated rings. The summed E-state index contributed by atoms with van der Waals surface area (Å²) in [4.78, 5) is 11.2. The van der Waals surface area contributed by atoms with Crippen LogP contribution < -0.4 is 0 Å². The number of hydrogen-bond donors (Lipinski definition) is 0. The van der Waals surface area contributed by atoms with Crippen molar-refractivity contribution in [2.45, 2.75) is 33.6 Å². The van der Waals surface area contributed by atoms with Gasteiger partial charge in [0.1, 0.15) is 6.61 Å². The topological polar surface area (TPSA) is 26.3 Å². The number of ether oxygens (including phenoxy) is 1. The fourth-order valence-electron chi connectivity index (χ4n) is 0.939. The SMILES string of the molecule is CCCC(C)C(=O)COCC. The smallest absolute Gasteiger partial charge is 0.161 e. The standard InChI is InChI=1S/C9H18O2/c1-4-6-8(3)9(10)7-11-5-2/h8H,4-7H2,1-3H3. The Balaban J connectivity index is 3.47. The molecule has 1 atom stereocenters. The van der Waals surface area contributed by atoms with E-state index in [-0.39, 0.29) is 18.3 Å². The first kappa shape index (κ1) is 10.6. The molecular weight excluding hydrogens is 140 g/mol. The number of Topliss-reactive ketones (excluding diaryl/α,β-unsaturated/α-hetero) is 1. The maximum Gasteiger partial charge on any atom is 0.161 e. The van der Waals surface area contributed by atoms with Crippen LogP contribution in [0.1, 0.15) is 33.6 Å². The second kappa shape index (κ2) is 6.35. The third-order valence-electron chi connectivity index (χ3n) is 1.72. The lowest BCUT2D eigenvalue weighted by Gasteiger charge is -2.07. The van der Waals surface area contributed by atoms with Gasteiger partial charge in [-0.1, -0.05) is 20.3 Å². The van der Waals surface area contributed by atoms with Crippen LogP contribution in [0, 0.1) is 5.92 Å². The van der Waals surface area contributed by atoms with E-state index in [0.29, 0.717) is 6.61 Å². The van der Waals surface area contributed by atoms with Crippen LogP contribution in [0.4, 0.5) is 0 Å². The van der Waals surface area contributed by atoms with Gasteiger partial charge < -0.3 is 4.74 Å². The molecular formula is C9H18O2. The first-order chi connectivity index (χ1) is 5.22. The zero-order chi connectivity index (χ0) is 8.69. The van der Waals surface area contributed by atoms with E-state index in [1.807, 2.05) is 13.8 Å². The predicted molar refractivity (Wildman–Crippen MR) is 45.6 cm³/mol. The summed E-state index contributed by atoms with van der Waals surface area (Å²) in [5, 5.41) is 0. The Morgan fingerprint density at radius 1 is 1.45 bits per heavy atom. The van der Waals surface area contributed by atoms with Gasteiger partial charge in [-0.25, -0.2) is 0 Å². The molecule has 0 radical (unpaired) electrons. The summed E-state index contributed by atoms with van der Waals surface area (Å²) < 4.78 is 5.01. The Kier molecular flexibility index (Phi) is 6.13. The quantitative estimate of drug-likeness (QED) is 0.591. The van der Waals surface area contributed by atoms with Gasteiger partial charge in [0.25, 0.3) is 0 Å². The van der Waals surface area contributed by atoms with E-state index in [1.54, 1.807) is 0 Å². The molecule has 0 heterocycles. The van der Waals surface area contributed by atoms with Crippen LogP contribution in [-0.2, 0) is 9.53 Å². The van der Waals surface area contributed by atoms with Crippen molar-refractivity contribution in [1.82, 2.24) is 0 Å². The minimum absolute atomic E-state index is 0.173. The molecule has 0 N–H and O–H groups in total. The lowest BCUT2D eigenvalue weighted by molar-refractivity contribution is -0.127. The number of carbonyl (C=O) groups is 1. The first-order valence-electron chi connectivity index (χ1n) is 4.32. The highest BCUT2D eigenvalue weighted by Gasteiger charge is 2.10. The van der Waals surface area contributed by atoms with Gasteiger partial charge in [-0.05, 0) is 13.3 Å². The molecule has 1 unspecified atom stereocenters. The summed E-state index contributed by atoms with van der Waals surface area (Å²) in [6.07, 6.45) is 2.05. The lowest BCUT2D eigenvalue weighted by atomic mass is 10.0. The van der Waals surface area contributed by atoms with Crippen LogP contribution in [0.15, 0.2) is 0 Å². The average Bonchev–Trinajstić information content (AvgIpc) is 2.00. The molecule has 0 aliphatic rings. The number of carbonyl (C=O) groups excluding carboxylic acids is 1. The third kappa shape index (κ3) is 4.96. The Morgan fingerprint density at radius 2 is 2.09 bits per heavy atom. The highest BCUT2D eigenvalue weighted by Crippen LogP contribution is 2.05. The molecule has 2 nitrogen and oxygen atoms in total. The Bertz CT molecular complexity index is 110. The summed E-state index contributed by atoms with van der Waals surface area (Å²) in [6.45, 7) is 6.87. The van der Waals surface area contributed by atoms with Gasteiger partial charge in [-0.3, -0.25) is 4.79 Å². The Labute approximate surface area is 68.9 Å². The first-order valence-corrected chi connectivity index (χ1v) is 4.32. The van der Waals surface area contributed by atoms with Crippen molar-refractivity contribution in [3.8, 4) is 0 Å². The second-order valence-electron chi connectivity index (χ2n) is 2.79. The molecule has 0 amide bonds. The fraction of sp³-hybridized carbons (Fsp3) is 0.889. The van der Waals surface area contributed by atoms with Crippen LogP contribution >= 0.6 is 0 Å². The van der Waals surface area contributed by atoms with Gasteiger partial charge in [0.05, 0.1) is 0 Å². The zero-order valence-corrected chi connectivity index (χ0v) is 7.72. The summed E-state index contributed by atoms with van der Waals surface area (Å²) >= 11 is 0. The van der Waals surface area contributed by atoms with Crippen LogP contribution in [-0.4, -0.2) is 19.0 Å². The van der Waals surface area contributed by atoms with E-state index in [4.69, 9.17) is 4.74 Å². The highest BCUT2D eigenvalue weighted by molar-refractivity contribution is 5.81. The molecule has 66 valence electrons. The van der Waals surface area contributed by atoms with Crippen molar-refractivity contribution in [3.05, 3.63) is 0 Å². The van der Waals surface area contributed by atoms with Crippen LogP contribution in [0.5, 0.6) is 0 Å². The molecule has 0 aromatic rings. The lowest BCUT2D eigenvalue weighted by Crippen LogP contribution is -2.17. The summed E-state index contributed by atoms with van der Waals surface area (Å²) in [6, 6.07) is 0. The Morgan fingerprint density at radius 3 is 2.55 bits per heavy atom. The molecule has 0 saturated heterocycles. The van der Waals surface area contributed by atoms with Gasteiger partial charge in [0, 0.05) is 12.5 Å². The van der Waals surface area contributed by atoms with Gasteiger partial charge in [0.2, 0.25) is 0 Å². The van der Waals surface area contributed by atoms with E-state index in [1.165, 1.54) is 0 Å². The molecule has 0 aromatic heterocycles. The predicted octanol–water partition coefficient (Wildman–Crippen LogP) is 2.03. The molecule has 0 aliphatic heterocycles. The fourth-order valence-corrected chi connectivity index (χ4v) is 0.939. The number of hydrogen-bond acceptors (Lipinski definition) is 2. The Hall–Kier alpha value is -0.370. The molecule has 0 aromatic carbocycles. The minimum Gasteiger partial charge on any atom is -0.374 e. The summed E-state index contributed by atoms with van der Waals surface area (Å²) in [5.74, 6) is 0.403. The average molecular weight is 158 g/mol. The van der Waals surface area contributed by atoms with Crippen LogP contribution in [0.2, 0.25) is 0 Å². The summed E-state index contributed by atoms with van der Waals surface area (Å²) in [7, 11) is 0. The normalized spacial score (nSPS) is 13.0. The maximum absolute atomic E-state index is 11.2. The molecule has 11 heavy (non-hydrogen) atoms. The molecule has 0 spiro atoms. The van der Waals surface area contributed by atoms with E-state index < -0.39 is 0 Å². The monoisotopic (exact) mass is 158 g/mol. The summed E-state index contributed by atoms with van der Waals surface area (Å²) in [5.41, 5.74) is 0. The van der Waals surface area contributed by atoms with Gasteiger partial charge >= 0.3 is 0 Å². The van der Waals surface area contributed by atoms with Crippen molar-refractivity contribution in [2.24, 2.45) is 5.92 Å². The highest BCUT2D eigenvalue weighted by atomic mass is 16.5. The van der Waals surface area contributed by atoms with Crippen LogP contribution in [0.3, 0.4) is 0 Å². The van der Waals surface area contributed by atoms with E-state index in [9.17, 15) is 4.79 Å². The largest absolute Gasteiger partial charge is 0.374 e. The molecule has 0 bridgehead atoms. The van der Waals surface area contributed by atoms with Crippen molar-refractivity contribution in [1.29, 1.82) is 0 Å². The van der Waals surface area contributed by atoms with E-state index >= 15 is 0 Å². The van der Waals surface area contributed by atoms with Crippen molar-refractivity contribution in [2.75, 3.05) is 13.2 Å². The molecule has 0 saturated carbocycles. The minimum atomic E-state index is 0.173. The van der Waals surface area contributed by atoms with Gasteiger partial charge in [0.15, 0.2) is 5.78 Å². The van der Waals surface area contributed by atoms with Crippen molar-refractivity contribution < 1.29 is 9.53 Å². The molecule has 2 heteroatoms. The second-order valence-corrected chi connectivity index (χ2v) is 2.79. The molecule has 0 rings (SSSR count). The van der Waals surface area contributed by atoms with Crippen LogP contribution in [0.25, 0.3) is 0 Å². The van der Waals surface area contributed by atoms with Gasteiger partial charge in [-0.2, -0.15) is 0 Å². The van der Waals surface area contributed by atoms with Gasteiger partial charge in [-0.15, -0.1) is 0 Å². The maximum atomic E-state index is 11.2. The van der Waals surface area contributed by atoms with Crippen molar-refractivity contribution in [3.63, 3.8) is 0 Å². The third-order valence-corrected chi connectivity index (χ3v) is 1.72. The van der Waals surface area contributed by atoms with Crippen molar-refractivity contribution >= 4 is 5.78 Å². The number of rotatable bonds is 6. The zero-order valence-electron chi connectivity index (χ0n) is 7.72. The molecule has 0 aliphatic carbocycles. The number of ketones is 1.